The normalized spacial score (nSPS) is 14.8. The van der Waals surface area contributed by atoms with Crippen molar-refractivity contribution in [3.05, 3.63) is 45.4 Å². The van der Waals surface area contributed by atoms with Crippen molar-refractivity contribution in [1.82, 2.24) is 4.98 Å². The molecule has 1 aliphatic rings. The molecule has 1 aromatic heterocycles. The Bertz CT molecular complexity index is 556. The Labute approximate surface area is 122 Å². The number of aryl methyl sites for hydroxylation is 1. The standard InChI is InChI=1S/C15H18N2S2/c1-10-2-6-12(7-3-10)18-9-14-17-15(11-4-5-11)13(8-16)19-14/h2-3,6-7,11H,4-5,8-9,16H2,1H3. The molecule has 0 amide bonds. The lowest BCUT2D eigenvalue weighted by molar-refractivity contribution is 0.968. The van der Waals surface area contributed by atoms with Gasteiger partial charge in [-0.05, 0) is 31.9 Å². The molecule has 0 spiro atoms. The van der Waals surface area contributed by atoms with E-state index in [1.54, 1.807) is 11.3 Å². The third-order valence-electron chi connectivity index (χ3n) is 3.30. The number of benzene rings is 1. The minimum Gasteiger partial charge on any atom is -0.326 e. The fourth-order valence-corrected chi connectivity index (χ4v) is 4.00. The van der Waals surface area contributed by atoms with Crippen molar-refractivity contribution >= 4 is 23.1 Å². The molecular formula is C15H18N2S2. The van der Waals surface area contributed by atoms with E-state index in [-0.39, 0.29) is 0 Å². The topological polar surface area (TPSA) is 38.9 Å². The summed E-state index contributed by atoms with van der Waals surface area (Å²) in [7, 11) is 0. The predicted octanol–water partition coefficient (Wildman–Crippen LogP) is 4.08. The predicted molar refractivity (Wildman–Crippen MR) is 82.7 cm³/mol. The number of nitrogens with zero attached hydrogens (tertiary/aromatic N) is 1. The molecule has 1 aliphatic carbocycles. The van der Waals surface area contributed by atoms with Crippen LogP contribution in [-0.4, -0.2) is 4.98 Å². The highest BCUT2D eigenvalue weighted by molar-refractivity contribution is 7.98. The average molecular weight is 290 g/mol. The molecule has 2 aromatic rings. The Morgan fingerprint density at radius 2 is 2.05 bits per heavy atom. The Hall–Kier alpha value is -0.840. The first-order valence-electron chi connectivity index (χ1n) is 6.64. The summed E-state index contributed by atoms with van der Waals surface area (Å²) in [6.45, 7) is 2.75. The van der Waals surface area contributed by atoms with Gasteiger partial charge in [-0.15, -0.1) is 23.1 Å². The molecule has 4 heteroatoms. The number of thiazole rings is 1. The van der Waals surface area contributed by atoms with E-state index in [0.717, 1.165) is 5.75 Å². The maximum absolute atomic E-state index is 5.82. The van der Waals surface area contributed by atoms with Crippen LogP contribution in [0, 0.1) is 6.92 Å². The van der Waals surface area contributed by atoms with Crippen LogP contribution in [0.3, 0.4) is 0 Å². The largest absolute Gasteiger partial charge is 0.326 e. The van der Waals surface area contributed by atoms with E-state index in [9.17, 15) is 0 Å². The first-order chi connectivity index (χ1) is 9.26. The zero-order valence-corrected chi connectivity index (χ0v) is 12.7. The van der Waals surface area contributed by atoms with Gasteiger partial charge in [-0.25, -0.2) is 4.98 Å². The van der Waals surface area contributed by atoms with Gasteiger partial charge in [0.15, 0.2) is 0 Å². The summed E-state index contributed by atoms with van der Waals surface area (Å²) in [6, 6.07) is 8.68. The van der Waals surface area contributed by atoms with Gasteiger partial charge in [0.1, 0.15) is 5.01 Å². The number of rotatable bonds is 5. The van der Waals surface area contributed by atoms with Gasteiger partial charge in [0.2, 0.25) is 0 Å². The molecule has 0 aliphatic heterocycles. The second-order valence-corrected chi connectivity index (χ2v) is 7.21. The van der Waals surface area contributed by atoms with Crippen molar-refractivity contribution in [3.63, 3.8) is 0 Å². The molecule has 1 fully saturated rings. The van der Waals surface area contributed by atoms with Crippen molar-refractivity contribution in [3.8, 4) is 0 Å². The van der Waals surface area contributed by atoms with Crippen LogP contribution in [0.25, 0.3) is 0 Å². The van der Waals surface area contributed by atoms with Gasteiger partial charge in [-0.2, -0.15) is 0 Å². The van der Waals surface area contributed by atoms with Gasteiger partial charge in [0.05, 0.1) is 11.4 Å². The molecule has 100 valence electrons. The summed E-state index contributed by atoms with van der Waals surface area (Å²) in [4.78, 5) is 7.40. The maximum atomic E-state index is 5.82. The van der Waals surface area contributed by atoms with Crippen molar-refractivity contribution in [2.24, 2.45) is 5.73 Å². The van der Waals surface area contributed by atoms with Crippen LogP contribution in [0.5, 0.6) is 0 Å². The second-order valence-electron chi connectivity index (χ2n) is 5.00. The van der Waals surface area contributed by atoms with E-state index >= 15 is 0 Å². The van der Waals surface area contributed by atoms with Crippen LogP contribution < -0.4 is 5.73 Å². The number of aromatic nitrogens is 1. The van der Waals surface area contributed by atoms with Crippen LogP contribution in [0.2, 0.25) is 0 Å². The highest BCUT2D eigenvalue weighted by atomic mass is 32.2. The summed E-state index contributed by atoms with van der Waals surface area (Å²) in [5, 5.41) is 1.22. The minimum absolute atomic E-state index is 0.638. The number of hydrogen-bond acceptors (Lipinski definition) is 4. The van der Waals surface area contributed by atoms with Gasteiger partial charge in [0, 0.05) is 22.2 Å². The summed E-state index contributed by atoms with van der Waals surface area (Å²) in [6.07, 6.45) is 2.59. The zero-order chi connectivity index (χ0) is 13.2. The molecule has 0 bridgehead atoms. The Morgan fingerprint density at radius 1 is 1.32 bits per heavy atom. The van der Waals surface area contributed by atoms with Gasteiger partial charge >= 0.3 is 0 Å². The minimum atomic E-state index is 0.638. The second kappa shape index (κ2) is 5.65. The van der Waals surface area contributed by atoms with Gasteiger partial charge in [-0.3, -0.25) is 0 Å². The summed E-state index contributed by atoms with van der Waals surface area (Å²) >= 11 is 3.65. The summed E-state index contributed by atoms with van der Waals surface area (Å²) < 4.78 is 0. The van der Waals surface area contributed by atoms with E-state index in [1.807, 2.05) is 11.8 Å². The lowest BCUT2D eigenvalue weighted by Gasteiger charge is -1.99. The van der Waals surface area contributed by atoms with Crippen LogP contribution in [0.4, 0.5) is 0 Å². The molecule has 19 heavy (non-hydrogen) atoms. The molecule has 0 radical (unpaired) electrons. The molecule has 0 atom stereocenters. The molecule has 0 unspecified atom stereocenters. The van der Waals surface area contributed by atoms with E-state index in [4.69, 9.17) is 10.7 Å². The van der Waals surface area contributed by atoms with Crippen LogP contribution in [0.1, 0.15) is 39.9 Å². The first kappa shape index (κ1) is 13.2. The quantitative estimate of drug-likeness (QED) is 0.843. The number of hydrogen-bond donors (Lipinski definition) is 1. The fraction of sp³-hybridized carbons (Fsp3) is 0.400. The number of thioether (sulfide) groups is 1. The highest BCUT2D eigenvalue weighted by Gasteiger charge is 2.29. The molecule has 1 heterocycles. The Balaban J connectivity index is 1.67. The monoisotopic (exact) mass is 290 g/mol. The summed E-state index contributed by atoms with van der Waals surface area (Å²) in [5.74, 6) is 1.65. The molecule has 1 aromatic carbocycles. The summed E-state index contributed by atoms with van der Waals surface area (Å²) in [5.41, 5.74) is 8.41. The third kappa shape index (κ3) is 3.19. The highest BCUT2D eigenvalue weighted by Crippen LogP contribution is 2.43. The first-order valence-corrected chi connectivity index (χ1v) is 8.44. The van der Waals surface area contributed by atoms with E-state index in [2.05, 4.69) is 31.2 Å². The van der Waals surface area contributed by atoms with Crippen molar-refractivity contribution in [1.29, 1.82) is 0 Å². The fourth-order valence-electron chi connectivity index (χ4n) is 2.08. The van der Waals surface area contributed by atoms with Crippen molar-refractivity contribution < 1.29 is 0 Å². The van der Waals surface area contributed by atoms with Gasteiger partial charge < -0.3 is 5.73 Å². The van der Waals surface area contributed by atoms with Gasteiger partial charge in [0.25, 0.3) is 0 Å². The molecule has 2 nitrogen and oxygen atoms in total. The molecule has 0 saturated heterocycles. The van der Waals surface area contributed by atoms with Crippen molar-refractivity contribution in [2.45, 2.75) is 42.9 Å². The lowest BCUT2D eigenvalue weighted by Crippen LogP contribution is -1.96. The van der Waals surface area contributed by atoms with Crippen LogP contribution >= 0.6 is 23.1 Å². The van der Waals surface area contributed by atoms with E-state index in [0.29, 0.717) is 12.5 Å². The lowest BCUT2D eigenvalue weighted by atomic mass is 10.2. The SMILES string of the molecule is Cc1ccc(SCc2nc(C3CC3)c(CN)s2)cc1. The van der Waals surface area contributed by atoms with Crippen LogP contribution in [0.15, 0.2) is 29.2 Å². The van der Waals surface area contributed by atoms with Gasteiger partial charge in [-0.1, -0.05) is 17.7 Å². The zero-order valence-electron chi connectivity index (χ0n) is 11.1. The third-order valence-corrected chi connectivity index (χ3v) is 5.60. The average Bonchev–Trinajstić information content (AvgIpc) is 3.19. The molecular weight excluding hydrogens is 272 g/mol. The molecule has 3 rings (SSSR count). The Kier molecular flexibility index (Phi) is 3.91. The number of nitrogens with two attached hydrogens (primary N) is 1. The van der Waals surface area contributed by atoms with E-state index in [1.165, 1.54) is 38.9 Å². The van der Waals surface area contributed by atoms with E-state index < -0.39 is 0 Å². The molecule has 1 saturated carbocycles. The molecule has 2 N–H and O–H groups in total. The van der Waals surface area contributed by atoms with Crippen molar-refractivity contribution in [2.75, 3.05) is 0 Å². The Morgan fingerprint density at radius 3 is 2.68 bits per heavy atom. The smallest absolute Gasteiger partial charge is 0.103 e. The maximum Gasteiger partial charge on any atom is 0.103 e. The van der Waals surface area contributed by atoms with Crippen LogP contribution in [-0.2, 0) is 12.3 Å².